The van der Waals surface area contributed by atoms with Gasteiger partial charge in [0.15, 0.2) is 0 Å². The normalized spacial score (nSPS) is 19.8. The predicted molar refractivity (Wildman–Crippen MR) is 80.8 cm³/mol. The van der Waals surface area contributed by atoms with Crippen molar-refractivity contribution < 1.29 is 9.90 Å². The third kappa shape index (κ3) is 3.44. The van der Waals surface area contributed by atoms with E-state index < -0.39 is 5.97 Å². The highest BCUT2D eigenvalue weighted by Gasteiger charge is 2.25. The quantitative estimate of drug-likeness (QED) is 0.927. The number of carbonyl (C=O) groups is 1. The molecule has 2 rings (SSSR count). The van der Waals surface area contributed by atoms with E-state index in [2.05, 4.69) is 23.9 Å². The van der Waals surface area contributed by atoms with Gasteiger partial charge in [0, 0.05) is 41.3 Å². The molecule has 0 radical (unpaired) electrons. The molecule has 110 valence electrons. The van der Waals surface area contributed by atoms with Crippen LogP contribution < -0.4 is 0 Å². The molecule has 1 saturated heterocycles. The Morgan fingerprint density at radius 3 is 2.45 bits per heavy atom. The molecule has 1 aliphatic heterocycles. The van der Waals surface area contributed by atoms with E-state index in [0.717, 1.165) is 25.1 Å². The number of likely N-dealkylation sites (N-methyl/N-ethyl adjacent to an activating group) is 1. The molecule has 1 heterocycles. The van der Waals surface area contributed by atoms with Crippen molar-refractivity contribution in [1.29, 1.82) is 0 Å². The maximum absolute atomic E-state index is 10.9. The molecule has 1 aromatic rings. The molecule has 1 aromatic carbocycles. The molecule has 1 fully saturated rings. The fourth-order valence-corrected chi connectivity index (χ4v) is 3.09. The monoisotopic (exact) mass is 316 g/mol. The summed E-state index contributed by atoms with van der Waals surface area (Å²) in [6.07, 6.45) is 1.12. The molecule has 4 nitrogen and oxygen atoms in total. The molecule has 1 aliphatic rings. The Labute approximate surface area is 128 Å². The van der Waals surface area contributed by atoms with Gasteiger partial charge < -0.3 is 10.0 Å². The van der Waals surface area contributed by atoms with Crippen molar-refractivity contribution in [3.8, 4) is 0 Å². The number of hydrogen-bond donors (Lipinski definition) is 1. The van der Waals surface area contributed by atoms with Crippen molar-refractivity contribution in [2.24, 2.45) is 0 Å². The van der Waals surface area contributed by atoms with Crippen LogP contribution in [0, 0.1) is 0 Å². The Morgan fingerprint density at radius 2 is 2.00 bits per heavy atom. The summed E-state index contributed by atoms with van der Waals surface area (Å²) in [5.41, 5.74) is 0.925. The van der Waals surface area contributed by atoms with Crippen LogP contribution in [-0.2, 0) is 6.54 Å². The zero-order valence-electron chi connectivity index (χ0n) is 11.6. The maximum atomic E-state index is 10.9. The Kier molecular flexibility index (Phi) is 4.91. The second-order valence-corrected chi connectivity index (χ2v) is 6.18. The first kappa shape index (κ1) is 15.6. The van der Waals surface area contributed by atoms with Crippen LogP contribution in [0.3, 0.4) is 0 Å². The van der Waals surface area contributed by atoms with Crippen LogP contribution in [0.1, 0.15) is 22.3 Å². The molecule has 1 unspecified atom stereocenters. The lowest BCUT2D eigenvalue weighted by Gasteiger charge is -2.21. The Bertz CT molecular complexity index is 497. The van der Waals surface area contributed by atoms with E-state index in [0.29, 0.717) is 22.6 Å². The molecule has 1 N–H and O–H groups in total. The minimum absolute atomic E-state index is 0.122. The van der Waals surface area contributed by atoms with Gasteiger partial charge in [-0.1, -0.05) is 23.2 Å². The van der Waals surface area contributed by atoms with Gasteiger partial charge in [-0.25, -0.2) is 4.79 Å². The van der Waals surface area contributed by atoms with Gasteiger partial charge in [0.1, 0.15) is 0 Å². The number of rotatable bonds is 4. The zero-order valence-corrected chi connectivity index (χ0v) is 13.1. The minimum Gasteiger partial charge on any atom is -0.478 e. The Morgan fingerprint density at radius 1 is 1.40 bits per heavy atom. The highest BCUT2D eigenvalue weighted by molar-refractivity contribution is 6.36. The fourth-order valence-electron chi connectivity index (χ4n) is 2.48. The average molecular weight is 317 g/mol. The topological polar surface area (TPSA) is 43.8 Å². The molecule has 0 spiro atoms. The van der Waals surface area contributed by atoms with Gasteiger partial charge in [-0.3, -0.25) is 4.90 Å². The van der Waals surface area contributed by atoms with Crippen molar-refractivity contribution in [2.75, 3.05) is 27.2 Å². The Hall–Kier alpha value is -0.810. The third-order valence-electron chi connectivity index (χ3n) is 3.75. The molecule has 0 bridgehead atoms. The van der Waals surface area contributed by atoms with Gasteiger partial charge in [-0.2, -0.15) is 0 Å². The fraction of sp³-hybridized carbons (Fsp3) is 0.500. The summed E-state index contributed by atoms with van der Waals surface area (Å²) in [5, 5.41) is 9.81. The number of hydrogen-bond acceptors (Lipinski definition) is 3. The summed E-state index contributed by atoms with van der Waals surface area (Å²) in [4.78, 5) is 15.5. The van der Waals surface area contributed by atoms with Crippen LogP contribution in [0.4, 0.5) is 0 Å². The summed E-state index contributed by atoms with van der Waals surface area (Å²) < 4.78 is 0. The molecule has 0 saturated carbocycles. The second-order valence-electron chi connectivity index (χ2n) is 5.36. The van der Waals surface area contributed by atoms with Crippen molar-refractivity contribution in [3.05, 3.63) is 33.3 Å². The molecule has 20 heavy (non-hydrogen) atoms. The number of carboxylic acids is 1. The first-order valence-electron chi connectivity index (χ1n) is 6.48. The number of aromatic carboxylic acids is 1. The lowest BCUT2D eigenvalue weighted by Crippen LogP contribution is -2.31. The molecule has 6 heteroatoms. The van der Waals surface area contributed by atoms with Gasteiger partial charge in [0.05, 0.1) is 5.56 Å². The molecular formula is C14H18Cl2N2O2. The van der Waals surface area contributed by atoms with Crippen LogP contribution in [0.25, 0.3) is 0 Å². The smallest absolute Gasteiger partial charge is 0.335 e. The summed E-state index contributed by atoms with van der Waals surface area (Å²) in [5.74, 6) is -1.02. The Balaban J connectivity index is 2.13. The van der Waals surface area contributed by atoms with E-state index in [-0.39, 0.29) is 5.56 Å². The van der Waals surface area contributed by atoms with Gasteiger partial charge >= 0.3 is 5.97 Å². The largest absolute Gasteiger partial charge is 0.478 e. The summed E-state index contributed by atoms with van der Waals surface area (Å²) in [6, 6.07) is 3.47. The molecular weight excluding hydrogens is 299 g/mol. The first-order chi connectivity index (χ1) is 9.38. The molecule has 0 aromatic heterocycles. The lowest BCUT2D eigenvalue weighted by molar-refractivity contribution is 0.0697. The molecule has 1 atom stereocenters. The minimum atomic E-state index is -1.02. The highest BCUT2D eigenvalue weighted by atomic mass is 35.5. The summed E-state index contributed by atoms with van der Waals surface area (Å²) in [7, 11) is 4.16. The third-order valence-corrected chi connectivity index (χ3v) is 4.42. The maximum Gasteiger partial charge on any atom is 0.335 e. The number of nitrogens with zero attached hydrogens (tertiary/aromatic N) is 2. The first-order valence-corrected chi connectivity index (χ1v) is 7.24. The molecule has 0 aliphatic carbocycles. The predicted octanol–water partition coefficient (Wildman–Crippen LogP) is 2.83. The molecule has 0 amide bonds. The van der Waals surface area contributed by atoms with Gasteiger partial charge in [0.25, 0.3) is 0 Å². The van der Waals surface area contributed by atoms with Crippen LogP contribution in [0.5, 0.6) is 0 Å². The van der Waals surface area contributed by atoms with Crippen LogP contribution in [-0.4, -0.2) is 54.1 Å². The van der Waals surface area contributed by atoms with Gasteiger partial charge in [0.2, 0.25) is 0 Å². The number of benzene rings is 1. The SMILES string of the molecule is CN(C)C1CCN(Cc2c(Cl)cc(C(=O)O)cc2Cl)C1. The summed E-state index contributed by atoms with van der Waals surface area (Å²) in [6.45, 7) is 2.62. The van der Waals surface area contributed by atoms with E-state index in [1.807, 2.05) is 0 Å². The van der Waals surface area contributed by atoms with E-state index in [1.165, 1.54) is 12.1 Å². The number of halogens is 2. The standard InChI is InChI=1S/C14H18Cl2N2O2/c1-17(2)10-3-4-18(7-10)8-11-12(15)5-9(14(19)20)6-13(11)16/h5-6,10H,3-4,7-8H2,1-2H3,(H,19,20). The van der Waals surface area contributed by atoms with E-state index in [4.69, 9.17) is 28.3 Å². The van der Waals surface area contributed by atoms with Crippen LogP contribution in [0.15, 0.2) is 12.1 Å². The van der Waals surface area contributed by atoms with E-state index in [1.54, 1.807) is 0 Å². The van der Waals surface area contributed by atoms with Crippen molar-refractivity contribution >= 4 is 29.2 Å². The summed E-state index contributed by atoms with van der Waals surface area (Å²) >= 11 is 12.3. The number of likely N-dealkylation sites (tertiary alicyclic amines) is 1. The van der Waals surface area contributed by atoms with E-state index in [9.17, 15) is 4.79 Å². The van der Waals surface area contributed by atoms with Gasteiger partial charge in [-0.15, -0.1) is 0 Å². The van der Waals surface area contributed by atoms with Crippen LogP contribution in [0.2, 0.25) is 10.0 Å². The lowest BCUT2D eigenvalue weighted by atomic mass is 10.1. The van der Waals surface area contributed by atoms with Crippen molar-refractivity contribution in [2.45, 2.75) is 19.0 Å². The van der Waals surface area contributed by atoms with Gasteiger partial charge in [-0.05, 0) is 32.6 Å². The second kappa shape index (κ2) is 6.31. The number of carboxylic acid groups (broad SMARTS) is 1. The van der Waals surface area contributed by atoms with Crippen molar-refractivity contribution in [3.63, 3.8) is 0 Å². The zero-order chi connectivity index (χ0) is 14.9. The van der Waals surface area contributed by atoms with E-state index >= 15 is 0 Å². The van der Waals surface area contributed by atoms with Crippen LogP contribution >= 0.6 is 23.2 Å². The van der Waals surface area contributed by atoms with Crippen molar-refractivity contribution in [1.82, 2.24) is 9.80 Å². The highest BCUT2D eigenvalue weighted by Crippen LogP contribution is 2.29. The average Bonchev–Trinajstić information content (AvgIpc) is 2.82.